The number of hydrogen-bond acceptors (Lipinski definition) is 2. The molecule has 0 radical (unpaired) electrons. The molecule has 1 N–H and O–H groups in total. The van der Waals surface area contributed by atoms with Crippen LogP contribution in [0.1, 0.15) is 5.69 Å². The average Bonchev–Trinajstić information content (AvgIpc) is 2.36. The number of aliphatic hydroxyl groups excluding tert-OH is 1. The maximum absolute atomic E-state index is 9.03. The van der Waals surface area contributed by atoms with Crippen LogP contribution in [0.15, 0.2) is 30.3 Å². The third kappa shape index (κ3) is 2.55. The van der Waals surface area contributed by atoms with Crippen LogP contribution in [-0.4, -0.2) is 10.1 Å². The Morgan fingerprint density at radius 2 is 1.76 bits per heavy atom. The van der Waals surface area contributed by atoms with E-state index in [0.717, 1.165) is 0 Å². The van der Waals surface area contributed by atoms with Gasteiger partial charge in [0, 0.05) is 5.56 Å². The van der Waals surface area contributed by atoms with Gasteiger partial charge in [-0.2, -0.15) is 0 Å². The van der Waals surface area contributed by atoms with Crippen molar-refractivity contribution in [3.8, 4) is 11.3 Å². The third-order valence-electron chi connectivity index (χ3n) is 2.28. The predicted octanol–water partition coefficient (Wildman–Crippen LogP) is 4.20. The highest BCUT2D eigenvalue weighted by Gasteiger charge is 2.11. The molecule has 0 aliphatic rings. The molecule has 2 rings (SSSR count). The fraction of sp³-hybridized carbons (Fsp3) is 0.0833. The Hall–Kier alpha value is -0.800. The summed E-state index contributed by atoms with van der Waals surface area (Å²) in [5, 5.41) is 10.1. The van der Waals surface area contributed by atoms with E-state index in [-0.39, 0.29) is 6.61 Å². The van der Waals surface area contributed by atoms with Crippen LogP contribution in [0, 0.1) is 0 Å². The molecular formula is C12H8Cl3NO. The van der Waals surface area contributed by atoms with Gasteiger partial charge in [0.1, 0.15) is 0 Å². The van der Waals surface area contributed by atoms with Crippen LogP contribution in [0.5, 0.6) is 0 Å². The van der Waals surface area contributed by atoms with Crippen LogP contribution in [0.3, 0.4) is 0 Å². The first-order chi connectivity index (χ1) is 8.13. The van der Waals surface area contributed by atoms with Crippen LogP contribution >= 0.6 is 34.8 Å². The smallest absolute Gasteiger partial charge is 0.0853 e. The molecule has 2 aromatic rings. The van der Waals surface area contributed by atoms with E-state index in [1.54, 1.807) is 30.3 Å². The molecule has 0 unspecified atom stereocenters. The molecule has 0 spiro atoms. The van der Waals surface area contributed by atoms with E-state index in [1.165, 1.54) is 0 Å². The highest BCUT2D eigenvalue weighted by Crippen LogP contribution is 2.37. The highest BCUT2D eigenvalue weighted by atomic mass is 35.5. The summed E-state index contributed by atoms with van der Waals surface area (Å²) in [6.07, 6.45) is 0. The number of rotatable bonds is 2. The number of pyridine rings is 1. The molecule has 5 heteroatoms. The Morgan fingerprint density at radius 1 is 1.00 bits per heavy atom. The molecule has 0 saturated carbocycles. The van der Waals surface area contributed by atoms with E-state index < -0.39 is 0 Å². The van der Waals surface area contributed by atoms with Crippen molar-refractivity contribution in [1.82, 2.24) is 4.98 Å². The molecule has 0 bridgehead atoms. The molecule has 0 saturated heterocycles. The Balaban J connectivity index is 2.56. The van der Waals surface area contributed by atoms with Crippen molar-refractivity contribution >= 4 is 34.8 Å². The van der Waals surface area contributed by atoms with Gasteiger partial charge in [0.05, 0.1) is 33.1 Å². The minimum Gasteiger partial charge on any atom is -0.390 e. The summed E-state index contributed by atoms with van der Waals surface area (Å²) in [4.78, 5) is 4.26. The monoisotopic (exact) mass is 287 g/mol. The molecule has 88 valence electrons. The van der Waals surface area contributed by atoms with Crippen molar-refractivity contribution in [3.05, 3.63) is 51.1 Å². The second kappa shape index (κ2) is 5.23. The second-order valence-corrected chi connectivity index (χ2v) is 4.56. The fourth-order valence-corrected chi connectivity index (χ4v) is 2.07. The van der Waals surface area contributed by atoms with Crippen molar-refractivity contribution in [2.75, 3.05) is 0 Å². The lowest BCUT2D eigenvalue weighted by Crippen LogP contribution is -1.92. The molecule has 1 aromatic carbocycles. The first-order valence-electron chi connectivity index (χ1n) is 4.84. The maximum atomic E-state index is 9.03. The standard InChI is InChI=1S/C12H8Cl3NO/c13-9-5-4-8(11(14)12(9)15)10-3-1-2-7(6-17)16-10/h1-5,17H,6H2. The molecule has 0 aliphatic carbocycles. The molecule has 0 amide bonds. The van der Waals surface area contributed by atoms with Gasteiger partial charge in [-0.25, -0.2) is 0 Å². The van der Waals surface area contributed by atoms with E-state index in [0.29, 0.717) is 32.0 Å². The molecular weight excluding hydrogens is 280 g/mol. The van der Waals surface area contributed by atoms with E-state index in [9.17, 15) is 0 Å². The Labute approximate surface area is 114 Å². The second-order valence-electron chi connectivity index (χ2n) is 3.40. The van der Waals surface area contributed by atoms with E-state index >= 15 is 0 Å². The number of hydrogen-bond donors (Lipinski definition) is 1. The largest absolute Gasteiger partial charge is 0.390 e. The van der Waals surface area contributed by atoms with Crippen LogP contribution in [0.25, 0.3) is 11.3 Å². The van der Waals surface area contributed by atoms with Crippen molar-refractivity contribution in [2.45, 2.75) is 6.61 Å². The summed E-state index contributed by atoms with van der Waals surface area (Å²) in [5.74, 6) is 0. The van der Waals surface area contributed by atoms with Crippen LogP contribution in [0.2, 0.25) is 15.1 Å². The minimum absolute atomic E-state index is 0.118. The third-order valence-corrected chi connectivity index (χ3v) is 3.57. The zero-order chi connectivity index (χ0) is 12.4. The lowest BCUT2D eigenvalue weighted by molar-refractivity contribution is 0.277. The summed E-state index contributed by atoms with van der Waals surface area (Å²) in [6, 6.07) is 8.74. The SMILES string of the molecule is OCc1cccc(-c2ccc(Cl)c(Cl)c2Cl)n1. The van der Waals surface area contributed by atoms with Crippen molar-refractivity contribution in [3.63, 3.8) is 0 Å². The molecule has 2 nitrogen and oxygen atoms in total. The van der Waals surface area contributed by atoms with Crippen LogP contribution < -0.4 is 0 Å². The van der Waals surface area contributed by atoms with Crippen molar-refractivity contribution < 1.29 is 5.11 Å². The van der Waals surface area contributed by atoms with Crippen LogP contribution in [-0.2, 0) is 6.61 Å². The zero-order valence-electron chi connectivity index (χ0n) is 8.62. The van der Waals surface area contributed by atoms with Gasteiger partial charge < -0.3 is 5.11 Å². The Kier molecular flexibility index (Phi) is 3.89. The van der Waals surface area contributed by atoms with E-state index in [1.807, 2.05) is 0 Å². The van der Waals surface area contributed by atoms with E-state index in [4.69, 9.17) is 39.9 Å². The quantitative estimate of drug-likeness (QED) is 0.840. The first kappa shape index (κ1) is 12.7. The number of aliphatic hydroxyl groups is 1. The highest BCUT2D eigenvalue weighted by molar-refractivity contribution is 6.49. The maximum Gasteiger partial charge on any atom is 0.0853 e. The summed E-state index contributed by atoms with van der Waals surface area (Å²) >= 11 is 17.9. The van der Waals surface area contributed by atoms with Gasteiger partial charge in [-0.3, -0.25) is 4.98 Å². The van der Waals surface area contributed by atoms with Gasteiger partial charge in [-0.1, -0.05) is 40.9 Å². The topological polar surface area (TPSA) is 33.1 Å². The summed E-state index contributed by atoms with van der Waals surface area (Å²) in [6.45, 7) is -0.118. The average molecular weight is 289 g/mol. The molecule has 17 heavy (non-hydrogen) atoms. The molecule has 1 aromatic heterocycles. The van der Waals surface area contributed by atoms with Gasteiger partial charge in [-0.05, 0) is 24.3 Å². The number of aromatic nitrogens is 1. The van der Waals surface area contributed by atoms with Gasteiger partial charge >= 0.3 is 0 Å². The Morgan fingerprint density at radius 3 is 2.47 bits per heavy atom. The van der Waals surface area contributed by atoms with Gasteiger partial charge in [0.15, 0.2) is 0 Å². The molecule has 0 aliphatic heterocycles. The minimum atomic E-state index is -0.118. The number of halogens is 3. The lowest BCUT2D eigenvalue weighted by atomic mass is 10.1. The molecule has 1 heterocycles. The summed E-state index contributed by atoms with van der Waals surface area (Å²) < 4.78 is 0. The molecule has 0 fully saturated rings. The zero-order valence-corrected chi connectivity index (χ0v) is 10.9. The molecule has 0 atom stereocenters. The predicted molar refractivity (Wildman–Crippen MR) is 70.6 cm³/mol. The van der Waals surface area contributed by atoms with Gasteiger partial charge in [-0.15, -0.1) is 0 Å². The van der Waals surface area contributed by atoms with Crippen molar-refractivity contribution in [2.24, 2.45) is 0 Å². The number of nitrogens with zero attached hydrogens (tertiary/aromatic N) is 1. The van der Waals surface area contributed by atoms with E-state index in [2.05, 4.69) is 4.98 Å². The van der Waals surface area contributed by atoms with Crippen molar-refractivity contribution in [1.29, 1.82) is 0 Å². The van der Waals surface area contributed by atoms with Crippen LogP contribution in [0.4, 0.5) is 0 Å². The first-order valence-corrected chi connectivity index (χ1v) is 5.97. The Bertz CT molecular complexity index is 557. The fourth-order valence-electron chi connectivity index (χ4n) is 1.44. The van der Waals surface area contributed by atoms with Gasteiger partial charge in [0.2, 0.25) is 0 Å². The lowest BCUT2D eigenvalue weighted by Gasteiger charge is -2.07. The summed E-state index contributed by atoms with van der Waals surface area (Å²) in [7, 11) is 0. The number of benzene rings is 1. The van der Waals surface area contributed by atoms with Gasteiger partial charge in [0.25, 0.3) is 0 Å². The normalized spacial score (nSPS) is 10.6. The summed E-state index contributed by atoms with van der Waals surface area (Å²) in [5.41, 5.74) is 1.92.